The van der Waals surface area contributed by atoms with Gasteiger partial charge in [0, 0.05) is 19.0 Å². The van der Waals surface area contributed by atoms with E-state index >= 15 is 0 Å². The predicted octanol–water partition coefficient (Wildman–Crippen LogP) is 3.21. The van der Waals surface area contributed by atoms with E-state index in [-0.39, 0.29) is 16.7 Å². The molecule has 0 bridgehead atoms. The molecule has 0 saturated carbocycles. The largest absolute Gasteiger partial charge is 0.379 e. The second-order valence-electron chi connectivity index (χ2n) is 5.28. The number of hydrogen-bond acceptors (Lipinski definition) is 5. The minimum absolute atomic E-state index is 0.111. The summed E-state index contributed by atoms with van der Waals surface area (Å²) in [6, 6.07) is 8.31. The molecule has 0 saturated heterocycles. The predicted molar refractivity (Wildman–Crippen MR) is 74.9 cm³/mol. The summed E-state index contributed by atoms with van der Waals surface area (Å²) in [5, 5.41) is 31.4. The Labute approximate surface area is 117 Å². The minimum Gasteiger partial charge on any atom is -0.379 e. The van der Waals surface area contributed by atoms with Crippen molar-refractivity contribution >= 4 is 11.4 Å². The monoisotopic (exact) mass is 272 g/mol. The van der Waals surface area contributed by atoms with Crippen LogP contribution in [0.4, 0.5) is 11.4 Å². The molecular formula is C14H16N4O2. The average Bonchev–Trinajstić information content (AvgIpc) is 2.42. The van der Waals surface area contributed by atoms with Crippen molar-refractivity contribution in [3.05, 3.63) is 33.9 Å². The first-order valence-corrected chi connectivity index (χ1v) is 6.19. The Kier molecular flexibility index (Phi) is 5.05. The van der Waals surface area contributed by atoms with E-state index in [1.807, 2.05) is 19.9 Å². The molecule has 0 spiro atoms. The fourth-order valence-electron chi connectivity index (χ4n) is 1.72. The van der Waals surface area contributed by atoms with Gasteiger partial charge in [0.2, 0.25) is 0 Å². The number of nitriles is 2. The zero-order valence-electron chi connectivity index (χ0n) is 11.5. The summed E-state index contributed by atoms with van der Waals surface area (Å²) >= 11 is 0. The van der Waals surface area contributed by atoms with Gasteiger partial charge in [-0.3, -0.25) is 10.1 Å². The molecule has 0 atom stereocenters. The molecule has 20 heavy (non-hydrogen) atoms. The Morgan fingerprint density at radius 2 is 2.10 bits per heavy atom. The SMILES string of the molecule is CC(C)(CCC#N)CNc1ccc(C#N)cc1[N+](=O)[O-]. The molecule has 1 rings (SSSR count). The number of anilines is 1. The van der Waals surface area contributed by atoms with E-state index < -0.39 is 4.92 Å². The van der Waals surface area contributed by atoms with Crippen LogP contribution in [0.3, 0.4) is 0 Å². The third kappa shape index (κ3) is 4.25. The van der Waals surface area contributed by atoms with Crippen LogP contribution in [-0.2, 0) is 0 Å². The van der Waals surface area contributed by atoms with Crippen molar-refractivity contribution < 1.29 is 4.92 Å². The first-order valence-electron chi connectivity index (χ1n) is 6.19. The number of nitro benzene ring substituents is 1. The van der Waals surface area contributed by atoms with Crippen molar-refractivity contribution in [3.63, 3.8) is 0 Å². The maximum atomic E-state index is 11.0. The van der Waals surface area contributed by atoms with Crippen LogP contribution in [0, 0.1) is 38.2 Å². The van der Waals surface area contributed by atoms with E-state index in [0.29, 0.717) is 25.1 Å². The van der Waals surface area contributed by atoms with E-state index in [9.17, 15) is 10.1 Å². The summed E-state index contributed by atoms with van der Waals surface area (Å²) in [6.45, 7) is 4.50. The lowest BCUT2D eigenvalue weighted by Crippen LogP contribution is -2.23. The van der Waals surface area contributed by atoms with Gasteiger partial charge in [-0.05, 0) is 24.0 Å². The summed E-state index contributed by atoms with van der Waals surface area (Å²) in [5.41, 5.74) is 0.391. The van der Waals surface area contributed by atoms with Crippen molar-refractivity contribution in [2.45, 2.75) is 26.7 Å². The molecule has 0 aliphatic rings. The van der Waals surface area contributed by atoms with Crippen LogP contribution < -0.4 is 5.32 Å². The lowest BCUT2D eigenvalue weighted by Gasteiger charge is -2.24. The second kappa shape index (κ2) is 6.53. The maximum absolute atomic E-state index is 11.0. The fourth-order valence-corrected chi connectivity index (χ4v) is 1.72. The van der Waals surface area contributed by atoms with Gasteiger partial charge in [-0.15, -0.1) is 0 Å². The summed E-state index contributed by atoms with van der Waals surface area (Å²) in [7, 11) is 0. The minimum atomic E-state index is -0.508. The molecular weight excluding hydrogens is 256 g/mol. The van der Waals surface area contributed by atoms with Gasteiger partial charge in [0.05, 0.1) is 22.6 Å². The van der Waals surface area contributed by atoms with E-state index in [1.54, 1.807) is 0 Å². The van der Waals surface area contributed by atoms with Crippen LogP contribution in [0.25, 0.3) is 0 Å². The Bertz CT molecular complexity index is 582. The molecule has 0 fully saturated rings. The maximum Gasteiger partial charge on any atom is 0.293 e. The molecule has 0 unspecified atom stereocenters. The smallest absolute Gasteiger partial charge is 0.293 e. The molecule has 1 aromatic rings. The Morgan fingerprint density at radius 1 is 1.40 bits per heavy atom. The first-order chi connectivity index (χ1) is 9.39. The Morgan fingerprint density at radius 3 is 2.65 bits per heavy atom. The number of rotatable bonds is 6. The van der Waals surface area contributed by atoms with Crippen molar-refractivity contribution in [2.24, 2.45) is 5.41 Å². The van der Waals surface area contributed by atoms with Crippen LogP contribution in [-0.4, -0.2) is 11.5 Å². The second-order valence-corrected chi connectivity index (χ2v) is 5.28. The van der Waals surface area contributed by atoms with E-state index in [4.69, 9.17) is 10.5 Å². The molecule has 0 amide bonds. The number of nitrogens with zero attached hydrogens (tertiary/aromatic N) is 3. The molecule has 1 N–H and O–H groups in total. The van der Waals surface area contributed by atoms with Gasteiger partial charge in [0.25, 0.3) is 5.69 Å². The van der Waals surface area contributed by atoms with E-state index in [2.05, 4.69) is 11.4 Å². The molecule has 0 aliphatic heterocycles. The van der Waals surface area contributed by atoms with Crippen LogP contribution in [0.5, 0.6) is 0 Å². The van der Waals surface area contributed by atoms with Gasteiger partial charge in [-0.1, -0.05) is 13.8 Å². The average molecular weight is 272 g/mol. The first kappa shape index (κ1) is 15.5. The zero-order valence-corrected chi connectivity index (χ0v) is 11.5. The standard InChI is InChI=1S/C14H16N4O2/c1-14(2,6-3-7-15)10-17-12-5-4-11(9-16)8-13(12)18(19)20/h4-5,8,17H,3,6,10H2,1-2H3. The van der Waals surface area contributed by atoms with Crippen molar-refractivity contribution in [2.75, 3.05) is 11.9 Å². The highest BCUT2D eigenvalue weighted by Gasteiger charge is 2.20. The van der Waals surface area contributed by atoms with E-state index in [1.165, 1.54) is 18.2 Å². The quantitative estimate of drug-likeness (QED) is 0.632. The summed E-state index contributed by atoms with van der Waals surface area (Å²) in [5.74, 6) is 0. The normalized spacial score (nSPS) is 10.4. The van der Waals surface area contributed by atoms with E-state index in [0.717, 1.165) is 0 Å². The molecule has 1 aromatic carbocycles. The summed E-state index contributed by atoms with van der Waals surface area (Å²) in [6.07, 6.45) is 1.16. The lowest BCUT2D eigenvalue weighted by atomic mass is 9.88. The third-order valence-electron chi connectivity index (χ3n) is 2.99. The van der Waals surface area contributed by atoms with Crippen LogP contribution in [0.2, 0.25) is 0 Å². The number of nitrogens with one attached hydrogen (secondary N) is 1. The lowest BCUT2D eigenvalue weighted by molar-refractivity contribution is -0.384. The Balaban J connectivity index is 2.86. The molecule has 0 heterocycles. The molecule has 104 valence electrons. The van der Waals surface area contributed by atoms with Gasteiger partial charge in [0.15, 0.2) is 0 Å². The molecule has 0 aliphatic carbocycles. The van der Waals surface area contributed by atoms with Gasteiger partial charge in [0.1, 0.15) is 5.69 Å². The topological polar surface area (TPSA) is 103 Å². The van der Waals surface area contributed by atoms with Gasteiger partial charge < -0.3 is 5.32 Å². The fraction of sp³-hybridized carbons (Fsp3) is 0.429. The van der Waals surface area contributed by atoms with Gasteiger partial charge in [-0.25, -0.2) is 0 Å². The summed E-state index contributed by atoms with van der Waals surface area (Å²) in [4.78, 5) is 10.5. The van der Waals surface area contributed by atoms with Crippen molar-refractivity contribution in [3.8, 4) is 12.1 Å². The number of hydrogen-bond donors (Lipinski definition) is 1. The van der Waals surface area contributed by atoms with Crippen LogP contribution in [0.15, 0.2) is 18.2 Å². The van der Waals surface area contributed by atoms with Crippen LogP contribution >= 0.6 is 0 Å². The van der Waals surface area contributed by atoms with Gasteiger partial charge in [-0.2, -0.15) is 10.5 Å². The van der Waals surface area contributed by atoms with Crippen molar-refractivity contribution in [1.82, 2.24) is 0 Å². The van der Waals surface area contributed by atoms with Gasteiger partial charge >= 0.3 is 0 Å². The summed E-state index contributed by atoms with van der Waals surface area (Å²) < 4.78 is 0. The highest BCUT2D eigenvalue weighted by atomic mass is 16.6. The highest BCUT2D eigenvalue weighted by Crippen LogP contribution is 2.28. The Hall–Kier alpha value is -2.60. The highest BCUT2D eigenvalue weighted by molar-refractivity contribution is 5.64. The van der Waals surface area contributed by atoms with Crippen molar-refractivity contribution in [1.29, 1.82) is 10.5 Å². The molecule has 6 nitrogen and oxygen atoms in total. The molecule has 0 radical (unpaired) electrons. The molecule has 6 heteroatoms. The third-order valence-corrected chi connectivity index (χ3v) is 2.99. The molecule has 0 aromatic heterocycles. The van der Waals surface area contributed by atoms with Crippen LogP contribution in [0.1, 0.15) is 32.3 Å². The zero-order chi connectivity index (χ0) is 15.2. The number of benzene rings is 1. The number of nitro groups is 1.